The van der Waals surface area contributed by atoms with Gasteiger partial charge in [0, 0.05) is 34.7 Å². The van der Waals surface area contributed by atoms with Crippen LogP contribution in [0.25, 0.3) is 0 Å². The molecule has 0 aliphatic heterocycles. The number of rotatable bonds is 5. The van der Waals surface area contributed by atoms with E-state index in [0.717, 1.165) is 36.3 Å². The Morgan fingerprint density at radius 2 is 1.80 bits per heavy atom. The van der Waals surface area contributed by atoms with E-state index < -0.39 is 0 Å². The summed E-state index contributed by atoms with van der Waals surface area (Å²) in [6.07, 6.45) is 1.65. The van der Waals surface area contributed by atoms with E-state index in [9.17, 15) is 0 Å². The Hall–Kier alpha value is -1.03. The van der Waals surface area contributed by atoms with Crippen molar-refractivity contribution in [1.82, 2.24) is 9.78 Å². The van der Waals surface area contributed by atoms with E-state index in [1.54, 1.807) is 6.07 Å². The summed E-state index contributed by atoms with van der Waals surface area (Å²) in [7, 11) is 0. The van der Waals surface area contributed by atoms with Crippen molar-refractivity contribution >= 4 is 23.2 Å². The van der Waals surface area contributed by atoms with Crippen LogP contribution in [0.3, 0.4) is 0 Å². The van der Waals surface area contributed by atoms with Crippen LogP contribution in [0.4, 0.5) is 0 Å². The van der Waals surface area contributed by atoms with E-state index >= 15 is 0 Å². The van der Waals surface area contributed by atoms with Crippen molar-refractivity contribution in [2.45, 2.75) is 39.3 Å². The molecule has 0 amide bonds. The first-order chi connectivity index (χ1) is 9.53. The van der Waals surface area contributed by atoms with Gasteiger partial charge in [-0.05, 0) is 43.2 Å². The molecular weight excluding hydrogens is 293 g/mol. The first-order valence-corrected chi connectivity index (χ1v) is 7.56. The molecule has 0 saturated carbocycles. The van der Waals surface area contributed by atoms with Crippen molar-refractivity contribution in [1.29, 1.82) is 0 Å². The molecule has 0 spiro atoms. The molecule has 0 aliphatic carbocycles. The van der Waals surface area contributed by atoms with Crippen molar-refractivity contribution in [2.24, 2.45) is 5.73 Å². The fourth-order valence-corrected chi connectivity index (χ4v) is 2.80. The van der Waals surface area contributed by atoms with E-state index in [1.165, 1.54) is 0 Å². The van der Waals surface area contributed by atoms with Crippen LogP contribution >= 0.6 is 23.2 Å². The number of nitrogens with two attached hydrogens (primary N) is 1. The van der Waals surface area contributed by atoms with Gasteiger partial charge in [-0.15, -0.1) is 0 Å². The van der Waals surface area contributed by atoms with Crippen LogP contribution in [0, 0.1) is 0 Å². The van der Waals surface area contributed by atoms with Crippen LogP contribution < -0.4 is 5.73 Å². The van der Waals surface area contributed by atoms with Gasteiger partial charge in [-0.1, -0.05) is 30.1 Å². The maximum Gasteiger partial charge on any atom is 0.0624 e. The number of nitrogens with zero attached hydrogens (tertiary/aromatic N) is 2. The summed E-state index contributed by atoms with van der Waals surface area (Å²) < 4.78 is 2.00. The second-order valence-corrected chi connectivity index (χ2v) is 5.68. The predicted molar refractivity (Wildman–Crippen MR) is 84.4 cm³/mol. The zero-order valence-corrected chi connectivity index (χ0v) is 13.2. The Bertz CT molecular complexity index is 573. The fraction of sp³-hybridized carbons (Fsp3) is 0.400. The van der Waals surface area contributed by atoms with E-state index in [2.05, 4.69) is 25.0 Å². The Kier molecular flexibility index (Phi) is 5.08. The van der Waals surface area contributed by atoms with Crippen LogP contribution in [-0.2, 0) is 19.4 Å². The lowest BCUT2D eigenvalue weighted by molar-refractivity contribution is 0.585. The second kappa shape index (κ2) is 6.61. The third-order valence-electron chi connectivity index (χ3n) is 3.32. The highest BCUT2D eigenvalue weighted by atomic mass is 35.5. The average molecular weight is 312 g/mol. The molecular formula is C15H19Cl2N3. The van der Waals surface area contributed by atoms with Crippen molar-refractivity contribution < 1.29 is 0 Å². The van der Waals surface area contributed by atoms with Gasteiger partial charge in [0.25, 0.3) is 0 Å². The molecule has 5 heteroatoms. The zero-order chi connectivity index (χ0) is 14.7. The van der Waals surface area contributed by atoms with Gasteiger partial charge in [-0.2, -0.15) is 5.10 Å². The highest BCUT2D eigenvalue weighted by molar-refractivity contribution is 6.34. The smallest absolute Gasteiger partial charge is 0.0624 e. The Morgan fingerprint density at radius 1 is 1.15 bits per heavy atom. The van der Waals surface area contributed by atoms with Crippen molar-refractivity contribution in [3.8, 4) is 0 Å². The number of benzene rings is 1. The molecule has 1 heterocycles. The topological polar surface area (TPSA) is 43.8 Å². The molecule has 1 atom stereocenters. The highest BCUT2D eigenvalue weighted by Gasteiger charge is 2.13. The minimum Gasteiger partial charge on any atom is -0.324 e. The van der Waals surface area contributed by atoms with Crippen LogP contribution in [-0.4, -0.2) is 9.78 Å². The summed E-state index contributed by atoms with van der Waals surface area (Å²) in [6, 6.07) is 7.43. The van der Waals surface area contributed by atoms with Crippen molar-refractivity contribution in [3.63, 3.8) is 0 Å². The molecule has 2 rings (SSSR count). The molecule has 2 N–H and O–H groups in total. The summed E-state index contributed by atoms with van der Waals surface area (Å²) in [4.78, 5) is 0. The monoisotopic (exact) mass is 311 g/mol. The minimum absolute atomic E-state index is 0.141. The molecule has 1 unspecified atom stereocenters. The van der Waals surface area contributed by atoms with Crippen LogP contribution in [0.5, 0.6) is 0 Å². The van der Waals surface area contributed by atoms with Gasteiger partial charge in [0.15, 0.2) is 0 Å². The summed E-state index contributed by atoms with van der Waals surface area (Å²) in [6.45, 7) is 5.03. The minimum atomic E-state index is -0.141. The molecule has 0 radical (unpaired) electrons. The van der Waals surface area contributed by atoms with Crippen LogP contribution in [0.2, 0.25) is 10.0 Å². The lowest BCUT2D eigenvalue weighted by atomic mass is 10.0. The van der Waals surface area contributed by atoms with Crippen molar-refractivity contribution in [3.05, 3.63) is 51.3 Å². The second-order valence-electron chi connectivity index (χ2n) is 4.81. The first kappa shape index (κ1) is 15.4. The largest absolute Gasteiger partial charge is 0.324 e. The van der Waals surface area contributed by atoms with E-state index in [0.29, 0.717) is 10.0 Å². The number of aryl methyl sites for hydroxylation is 2. The Labute approximate surface area is 129 Å². The maximum absolute atomic E-state index is 6.28. The Morgan fingerprint density at radius 3 is 2.35 bits per heavy atom. The molecule has 1 aromatic heterocycles. The third kappa shape index (κ3) is 3.54. The standard InChI is InChI=1S/C15H19Cl2N3/c1-3-13-8-14(20(4-2)19-13)9-15(18)10-5-11(16)7-12(17)6-10/h5-8,15H,3-4,9,18H2,1-2H3. The number of hydrogen-bond donors (Lipinski definition) is 1. The van der Waals surface area contributed by atoms with Gasteiger partial charge in [0.1, 0.15) is 0 Å². The van der Waals surface area contributed by atoms with E-state index in [-0.39, 0.29) is 6.04 Å². The molecule has 0 bridgehead atoms. The quantitative estimate of drug-likeness (QED) is 0.906. The molecule has 0 aliphatic rings. The molecule has 3 nitrogen and oxygen atoms in total. The summed E-state index contributed by atoms with van der Waals surface area (Å²) >= 11 is 12.0. The lowest BCUT2D eigenvalue weighted by Gasteiger charge is -2.13. The highest BCUT2D eigenvalue weighted by Crippen LogP contribution is 2.24. The lowest BCUT2D eigenvalue weighted by Crippen LogP contribution is -2.16. The number of halogens is 2. The molecule has 0 saturated heterocycles. The molecule has 0 fully saturated rings. The molecule has 1 aromatic carbocycles. The number of hydrogen-bond acceptors (Lipinski definition) is 2. The SMILES string of the molecule is CCc1cc(CC(N)c2cc(Cl)cc(Cl)c2)n(CC)n1. The molecule has 108 valence electrons. The fourth-order valence-electron chi connectivity index (χ4n) is 2.26. The summed E-state index contributed by atoms with van der Waals surface area (Å²) in [5.41, 5.74) is 9.47. The van der Waals surface area contributed by atoms with Gasteiger partial charge in [-0.25, -0.2) is 0 Å². The van der Waals surface area contributed by atoms with Crippen LogP contribution in [0.1, 0.15) is 36.8 Å². The average Bonchev–Trinajstić information content (AvgIpc) is 2.79. The molecule has 2 aromatic rings. The summed E-state index contributed by atoms with van der Waals surface area (Å²) in [5.74, 6) is 0. The van der Waals surface area contributed by atoms with Crippen molar-refractivity contribution in [2.75, 3.05) is 0 Å². The van der Waals surface area contributed by atoms with Crippen LogP contribution in [0.15, 0.2) is 24.3 Å². The van der Waals surface area contributed by atoms with E-state index in [4.69, 9.17) is 28.9 Å². The summed E-state index contributed by atoms with van der Waals surface area (Å²) in [5, 5.41) is 5.76. The third-order valence-corrected chi connectivity index (χ3v) is 3.75. The normalized spacial score (nSPS) is 12.7. The van der Waals surface area contributed by atoms with Gasteiger partial charge in [0.05, 0.1) is 5.69 Å². The first-order valence-electron chi connectivity index (χ1n) is 6.80. The van der Waals surface area contributed by atoms with Gasteiger partial charge in [0.2, 0.25) is 0 Å². The maximum atomic E-state index is 6.28. The zero-order valence-electron chi connectivity index (χ0n) is 11.7. The van der Waals surface area contributed by atoms with Gasteiger partial charge >= 0.3 is 0 Å². The molecule has 20 heavy (non-hydrogen) atoms. The van der Waals surface area contributed by atoms with E-state index in [1.807, 2.05) is 16.8 Å². The number of aromatic nitrogens is 2. The predicted octanol–water partition coefficient (Wildman–Crippen LogP) is 4.01. The van der Waals surface area contributed by atoms with Gasteiger partial charge < -0.3 is 5.73 Å². The van der Waals surface area contributed by atoms with Gasteiger partial charge in [-0.3, -0.25) is 4.68 Å². The Balaban J connectivity index is 2.22.